The first-order chi connectivity index (χ1) is 11.3. The standard InChI is InChI=1S/C14H15F4N5O/c15-10-3-1-2-9(4-10)12-5-11(24)6-22(12)7-13-19-20-21-23(13)8-14(16,17)18/h1-4,11-12,24H,5-8H2/t11-,12-/m0/s1. The normalized spacial score (nSPS) is 22.2. The number of halogens is 4. The molecule has 0 radical (unpaired) electrons. The van der Waals surface area contributed by atoms with Gasteiger partial charge in [-0.1, -0.05) is 12.1 Å². The van der Waals surface area contributed by atoms with Gasteiger partial charge < -0.3 is 5.11 Å². The molecule has 1 aliphatic rings. The van der Waals surface area contributed by atoms with Crippen molar-refractivity contribution < 1.29 is 22.7 Å². The third kappa shape index (κ3) is 3.88. The summed E-state index contributed by atoms with van der Waals surface area (Å²) in [6.07, 6.45) is -4.72. The zero-order valence-electron chi connectivity index (χ0n) is 12.5. The Kier molecular flexibility index (Phi) is 4.50. The average Bonchev–Trinajstić information content (AvgIpc) is 3.05. The van der Waals surface area contributed by atoms with E-state index in [1.54, 1.807) is 17.0 Å². The molecule has 2 aromatic rings. The maximum absolute atomic E-state index is 13.4. The Labute approximate surface area is 134 Å². The van der Waals surface area contributed by atoms with Crippen LogP contribution >= 0.6 is 0 Å². The molecule has 10 heteroatoms. The molecular weight excluding hydrogens is 330 g/mol. The SMILES string of the molecule is O[C@H]1C[C@@H](c2cccc(F)c2)N(Cc2nnnn2CC(F)(F)F)C1. The topological polar surface area (TPSA) is 67.1 Å². The molecule has 2 atom stereocenters. The fourth-order valence-electron chi connectivity index (χ4n) is 2.93. The number of aliphatic hydroxyl groups is 1. The Morgan fingerprint density at radius 2 is 2.08 bits per heavy atom. The van der Waals surface area contributed by atoms with Gasteiger partial charge in [-0.2, -0.15) is 13.2 Å². The number of tetrazole rings is 1. The number of nitrogens with zero attached hydrogens (tertiary/aromatic N) is 5. The number of aromatic nitrogens is 4. The van der Waals surface area contributed by atoms with Gasteiger partial charge in [0.25, 0.3) is 0 Å². The van der Waals surface area contributed by atoms with E-state index < -0.39 is 24.6 Å². The fourth-order valence-corrected chi connectivity index (χ4v) is 2.93. The number of aliphatic hydroxyl groups excluding tert-OH is 1. The van der Waals surface area contributed by atoms with E-state index in [9.17, 15) is 22.7 Å². The zero-order chi connectivity index (χ0) is 17.3. The molecule has 1 saturated heterocycles. The highest BCUT2D eigenvalue weighted by molar-refractivity contribution is 5.21. The van der Waals surface area contributed by atoms with Crippen molar-refractivity contribution in [3.05, 3.63) is 41.5 Å². The van der Waals surface area contributed by atoms with Gasteiger partial charge in [-0.05, 0) is 34.5 Å². The number of alkyl halides is 3. The molecule has 2 heterocycles. The summed E-state index contributed by atoms with van der Waals surface area (Å²) in [6, 6.07) is 5.63. The van der Waals surface area contributed by atoms with Crippen molar-refractivity contribution >= 4 is 0 Å². The van der Waals surface area contributed by atoms with E-state index in [1.165, 1.54) is 12.1 Å². The van der Waals surface area contributed by atoms with Crippen molar-refractivity contribution in [1.82, 2.24) is 25.1 Å². The maximum atomic E-state index is 13.4. The minimum Gasteiger partial charge on any atom is -0.392 e. The lowest BCUT2D eigenvalue weighted by Gasteiger charge is -2.24. The Balaban J connectivity index is 1.80. The number of rotatable bonds is 4. The van der Waals surface area contributed by atoms with Crippen molar-refractivity contribution in [1.29, 1.82) is 0 Å². The number of likely N-dealkylation sites (tertiary alicyclic amines) is 1. The summed E-state index contributed by atoms with van der Waals surface area (Å²) in [5.74, 6) is -0.362. The van der Waals surface area contributed by atoms with Crippen LogP contribution in [0.3, 0.4) is 0 Å². The first-order valence-corrected chi connectivity index (χ1v) is 7.31. The first kappa shape index (κ1) is 16.8. The third-order valence-electron chi connectivity index (χ3n) is 3.89. The molecule has 1 aromatic heterocycles. The molecule has 0 saturated carbocycles. The van der Waals surface area contributed by atoms with Crippen molar-refractivity contribution in [2.45, 2.75) is 37.8 Å². The van der Waals surface area contributed by atoms with Crippen LogP contribution in [0.25, 0.3) is 0 Å². The van der Waals surface area contributed by atoms with Crippen LogP contribution in [0.5, 0.6) is 0 Å². The summed E-state index contributed by atoms with van der Waals surface area (Å²) in [5.41, 5.74) is 0.654. The molecule has 0 spiro atoms. The summed E-state index contributed by atoms with van der Waals surface area (Å²) in [4.78, 5) is 1.75. The number of hydrogen-bond acceptors (Lipinski definition) is 5. The lowest BCUT2D eigenvalue weighted by Crippen LogP contribution is -2.28. The zero-order valence-corrected chi connectivity index (χ0v) is 12.5. The summed E-state index contributed by atoms with van der Waals surface area (Å²) >= 11 is 0. The molecule has 0 amide bonds. The number of β-amino-alcohol motifs (C(OH)–C–C–N with tert-alkyl or cyclic N) is 1. The number of benzene rings is 1. The second-order valence-electron chi connectivity index (χ2n) is 5.76. The predicted octanol–water partition coefficient (Wildman–Crippen LogP) is 1.68. The molecular formula is C14H15F4N5O. The minimum atomic E-state index is -4.43. The van der Waals surface area contributed by atoms with Crippen LogP contribution < -0.4 is 0 Å². The van der Waals surface area contributed by atoms with E-state index in [0.717, 1.165) is 0 Å². The molecule has 6 nitrogen and oxygen atoms in total. The molecule has 1 aromatic carbocycles. The Morgan fingerprint density at radius 3 is 2.79 bits per heavy atom. The van der Waals surface area contributed by atoms with Crippen molar-refractivity contribution in [3.8, 4) is 0 Å². The van der Waals surface area contributed by atoms with E-state index in [4.69, 9.17) is 0 Å². The Morgan fingerprint density at radius 1 is 1.29 bits per heavy atom. The van der Waals surface area contributed by atoms with Crippen LogP contribution in [0, 0.1) is 5.82 Å². The molecule has 1 fully saturated rings. The quantitative estimate of drug-likeness (QED) is 0.854. The Bertz CT molecular complexity index is 704. The molecule has 130 valence electrons. The van der Waals surface area contributed by atoms with Gasteiger partial charge in [0.15, 0.2) is 5.82 Å². The smallest absolute Gasteiger partial charge is 0.392 e. The monoisotopic (exact) mass is 345 g/mol. The van der Waals surface area contributed by atoms with Gasteiger partial charge in [-0.15, -0.1) is 5.10 Å². The maximum Gasteiger partial charge on any atom is 0.408 e. The number of hydrogen-bond donors (Lipinski definition) is 1. The summed E-state index contributed by atoms with van der Waals surface area (Å²) < 4.78 is 51.8. The van der Waals surface area contributed by atoms with Gasteiger partial charge in [0.05, 0.1) is 12.6 Å². The van der Waals surface area contributed by atoms with Crippen LogP contribution in [-0.4, -0.2) is 49.0 Å². The van der Waals surface area contributed by atoms with Crippen LogP contribution in [0.2, 0.25) is 0 Å². The highest BCUT2D eigenvalue weighted by Crippen LogP contribution is 2.33. The summed E-state index contributed by atoms with van der Waals surface area (Å²) in [5, 5.41) is 20.2. The fraction of sp³-hybridized carbons (Fsp3) is 0.500. The van der Waals surface area contributed by atoms with Gasteiger partial charge in [0.1, 0.15) is 12.4 Å². The molecule has 3 rings (SSSR count). The predicted molar refractivity (Wildman–Crippen MR) is 74.0 cm³/mol. The van der Waals surface area contributed by atoms with Crippen molar-refractivity contribution in [2.24, 2.45) is 0 Å². The van der Waals surface area contributed by atoms with Crippen LogP contribution in [0.15, 0.2) is 24.3 Å². The second-order valence-corrected chi connectivity index (χ2v) is 5.76. The largest absolute Gasteiger partial charge is 0.408 e. The lowest BCUT2D eigenvalue weighted by atomic mass is 10.0. The van der Waals surface area contributed by atoms with Crippen LogP contribution in [-0.2, 0) is 13.1 Å². The van der Waals surface area contributed by atoms with Crippen molar-refractivity contribution in [3.63, 3.8) is 0 Å². The van der Waals surface area contributed by atoms with Gasteiger partial charge in [-0.3, -0.25) is 4.90 Å². The van der Waals surface area contributed by atoms with Crippen LogP contribution in [0.1, 0.15) is 23.9 Å². The summed E-state index contributed by atoms with van der Waals surface area (Å²) in [7, 11) is 0. The van der Waals surface area contributed by atoms with Gasteiger partial charge >= 0.3 is 6.18 Å². The Hall–Kier alpha value is -2.07. The van der Waals surface area contributed by atoms with E-state index in [0.29, 0.717) is 16.7 Å². The molecule has 24 heavy (non-hydrogen) atoms. The molecule has 0 unspecified atom stereocenters. The van der Waals surface area contributed by atoms with E-state index in [2.05, 4.69) is 15.5 Å². The molecule has 1 N–H and O–H groups in total. The van der Waals surface area contributed by atoms with E-state index in [-0.39, 0.29) is 25.0 Å². The van der Waals surface area contributed by atoms with E-state index in [1.807, 2.05) is 0 Å². The highest BCUT2D eigenvalue weighted by Gasteiger charge is 2.35. The summed E-state index contributed by atoms with van der Waals surface area (Å²) in [6.45, 7) is -1.00. The minimum absolute atomic E-state index is 0.0291. The molecule has 1 aliphatic heterocycles. The second kappa shape index (κ2) is 6.44. The lowest BCUT2D eigenvalue weighted by molar-refractivity contribution is -0.143. The molecule has 0 aliphatic carbocycles. The van der Waals surface area contributed by atoms with Gasteiger partial charge in [-0.25, -0.2) is 9.07 Å². The first-order valence-electron chi connectivity index (χ1n) is 7.31. The average molecular weight is 345 g/mol. The van der Waals surface area contributed by atoms with E-state index >= 15 is 0 Å². The molecule has 0 bridgehead atoms. The van der Waals surface area contributed by atoms with Gasteiger partial charge in [0.2, 0.25) is 0 Å². The van der Waals surface area contributed by atoms with Gasteiger partial charge in [0, 0.05) is 12.6 Å². The van der Waals surface area contributed by atoms with Crippen LogP contribution in [0.4, 0.5) is 17.6 Å². The third-order valence-corrected chi connectivity index (χ3v) is 3.89. The van der Waals surface area contributed by atoms with Crippen molar-refractivity contribution in [2.75, 3.05) is 6.54 Å². The highest BCUT2D eigenvalue weighted by atomic mass is 19.4.